The zero-order chi connectivity index (χ0) is 31.4. The van der Waals surface area contributed by atoms with E-state index in [9.17, 15) is 18.8 Å². The van der Waals surface area contributed by atoms with Gasteiger partial charge < -0.3 is 19.5 Å². The van der Waals surface area contributed by atoms with E-state index in [-0.39, 0.29) is 45.9 Å². The van der Waals surface area contributed by atoms with Crippen molar-refractivity contribution < 1.29 is 37.4 Å². The lowest BCUT2D eigenvalue weighted by Gasteiger charge is -2.28. The molecule has 5 rings (SSSR count). The molecule has 230 valence electrons. The van der Waals surface area contributed by atoms with E-state index in [4.69, 9.17) is 14.2 Å². The van der Waals surface area contributed by atoms with Gasteiger partial charge in [0.1, 0.15) is 19.4 Å². The number of fused-ring (bicyclic) bond motifs is 1. The number of alkyl halides is 2. The van der Waals surface area contributed by atoms with Crippen LogP contribution in [0.2, 0.25) is 0 Å². The summed E-state index contributed by atoms with van der Waals surface area (Å²) in [6.07, 6.45) is -3.88. The number of imidazole rings is 1. The Bertz CT molecular complexity index is 1650. The standard InChI is InChI=1S/C30H30F2N6O6/c1-17(2)25(39)37-29-35-23(33-3)21-24(36-29)38(16-34-21)28-30(32,15-31)22(44-27(41)19-12-8-5-9-13-19)20(43-28)14-42-26(40)18-10-6-4-7-11-18/h4-13,16-17,20,22,28H,14-15H2,1-3H3,(H2,33,35,36,37,39)/t20-,22?,28-,30-/m1/s1. The minimum atomic E-state index is -2.98. The molecule has 14 heteroatoms. The van der Waals surface area contributed by atoms with Crippen LogP contribution in [-0.4, -0.2) is 75.6 Å². The minimum Gasteiger partial charge on any atom is -0.459 e. The molecule has 1 fully saturated rings. The van der Waals surface area contributed by atoms with Gasteiger partial charge in [0, 0.05) is 13.0 Å². The maximum Gasteiger partial charge on any atom is 0.338 e. The molecule has 12 nitrogen and oxygen atoms in total. The molecule has 1 saturated heterocycles. The highest BCUT2D eigenvalue weighted by Crippen LogP contribution is 2.45. The second-order valence-electron chi connectivity index (χ2n) is 10.4. The van der Waals surface area contributed by atoms with Crippen LogP contribution in [0.25, 0.3) is 11.2 Å². The first-order valence-corrected chi connectivity index (χ1v) is 13.8. The average Bonchev–Trinajstić information content (AvgIpc) is 3.58. The number of anilines is 2. The number of carbonyl (C=O) groups excluding carboxylic acids is 3. The third kappa shape index (κ3) is 5.93. The van der Waals surface area contributed by atoms with Crippen LogP contribution >= 0.6 is 0 Å². The summed E-state index contributed by atoms with van der Waals surface area (Å²) >= 11 is 0. The molecule has 2 N–H and O–H groups in total. The van der Waals surface area contributed by atoms with E-state index < -0.39 is 49.3 Å². The summed E-state index contributed by atoms with van der Waals surface area (Å²) < 4.78 is 49.8. The second-order valence-corrected chi connectivity index (χ2v) is 10.4. The van der Waals surface area contributed by atoms with Crippen molar-refractivity contribution in [2.45, 2.75) is 38.0 Å². The van der Waals surface area contributed by atoms with Gasteiger partial charge >= 0.3 is 11.9 Å². The number of halogens is 2. The van der Waals surface area contributed by atoms with Crippen molar-refractivity contribution in [1.82, 2.24) is 19.5 Å². The van der Waals surface area contributed by atoms with Crippen LogP contribution in [0.4, 0.5) is 20.5 Å². The number of carbonyl (C=O) groups is 3. The number of ether oxygens (including phenoxy) is 3. The van der Waals surface area contributed by atoms with Crippen molar-refractivity contribution in [3.63, 3.8) is 0 Å². The second kappa shape index (κ2) is 12.7. The van der Waals surface area contributed by atoms with E-state index in [0.29, 0.717) is 0 Å². The molecule has 3 heterocycles. The van der Waals surface area contributed by atoms with Crippen LogP contribution in [0.15, 0.2) is 67.0 Å². The van der Waals surface area contributed by atoms with Gasteiger partial charge in [-0.3, -0.25) is 14.7 Å². The summed E-state index contributed by atoms with van der Waals surface area (Å²) in [7, 11) is 1.57. The van der Waals surface area contributed by atoms with Crippen molar-refractivity contribution in [3.8, 4) is 0 Å². The molecule has 0 bridgehead atoms. The molecular formula is C30H30F2N6O6. The number of hydrogen-bond donors (Lipinski definition) is 2. The summed E-state index contributed by atoms with van der Waals surface area (Å²) in [6, 6.07) is 15.8. The predicted octanol–water partition coefficient (Wildman–Crippen LogP) is 4.12. The fourth-order valence-electron chi connectivity index (χ4n) is 4.68. The zero-order valence-electron chi connectivity index (χ0n) is 24.1. The van der Waals surface area contributed by atoms with Crippen LogP contribution in [0.3, 0.4) is 0 Å². The van der Waals surface area contributed by atoms with E-state index in [1.165, 1.54) is 30.6 Å². The Morgan fingerprint density at radius 3 is 2.25 bits per heavy atom. The van der Waals surface area contributed by atoms with E-state index in [2.05, 4.69) is 25.6 Å². The van der Waals surface area contributed by atoms with Crippen molar-refractivity contribution >= 4 is 40.8 Å². The Morgan fingerprint density at radius 2 is 1.66 bits per heavy atom. The first-order chi connectivity index (χ1) is 21.2. The number of hydrogen-bond acceptors (Lipinski definition) is 10. The van der Waals surface area contributed by atoms with Gasteiger partial charge in [0.15, 0.2) is 29.3 Å². The lowest BCUT2D eigenvalue weighted by molar-refractivity contribution is -0.118. The highest BCUT2D eigenvalue weighted by atomic mass is 19.2. The van der Waals surface area contributed by atoms with E-state index in [1.807, 2.05) is 0 Å². The number of aromatic nitrogens is 4. The first-order valence-electron chi connectivity index (χ1n) is 13.8. The third-order valence-corrected chi connectivity index (χ3v) is 7.03. The van der Waals surface area contributed by atoms with Crippen LogP contribution in [0.1, 0.15) is 40.8 Å². The SMILES string of the molecule is CNc1nc(NC(=O)C(C)C)nc2c1ncn2[C@@H]1O[C@H](COC(=O)c2ccccc2)C(OC(=O)c2ccccc2)[C@]1(F)CF. The van der Waals surface area contributed by atoms with E-state index in [1.54, 1.807) is 57.3 Å². The highest BCUT2D eigenvalue weighted by Gasteiger charge is 2.62. The van der Waals surface area contributed by atoms with Crippen LogP contribution in [-0.2, 0) is 19.0 Å². The number of rotatable bonds is 10. The van der Waals surface area contributed by atoms with Gasteiger partial charge in [-0.25, -0.2) is 23.4 Å². The van der Waals surface area contributed by atoms with Crippen LogP contribution < -0.4 is 10.6 Å². The molecule has 2 aromatic carbocycles. The molecule has 44 heavy (non-hydrogen) atoms. The number of amides is 1. The Balaban J connectivity index is 1.52. The molecule has 4 aromatic rings. The molecule has 0 aliphatic carbocycles. The van der Waals surface area contributed by atoms with Crippen molar-refractivity contribution in [3.05, 3.63) is 78.1 Å². The van der Waals surface area contributed by atoms with Gasteiger partial charge in [-0.05, 0) is 24.3 Å². The van der Waals surface area contributed by atoms with Crippen molar-refractivity contribution in [2.24, 2.45) is 5.92 Å². The molecule has 1 unspecified atom stereocenters. The number of esters is 2. The molecule has 1 amide bonds. The van der Waals surface area contributed by atoms with Gasteiger partial charge in [-0.2, -0.15) is 9.97 Å². The molecule has 2 aromatic heterocycles. The Kier molecular flexibility index (Phi) is 8.81. The average molecular weight is 609 g/mol. The number of benzene rings is 2. The normalized spacial score (nSPS) is 21.3. The molecule has 0 radical (unpaired) electrons. The lowest BCUT2D eigenvalue weighted by Crippen LogP contribution is -2.48. The van der Waals surface area contributed by atoms with Gasteiger partial charge in [0.25, 0.3) is 0 Å². The molecular weight excluding hydrogens is 578 g/mol. The van der Waals surface area contributed by atoms with E-state index in [0.717, 1.165) is 4.57 Å². The van der Waals surface area contributed by atoms with Gasteiger partial charge in [-0.1, -0.05) is 50.2 Å². The fraction of sp³-hybridized carbons (Fsp3) is 0.333. The summed E-state index contributed by atoms with van der Waals surface area (Å²) in [5.74, 6) is -2.32. The monoisotopic (exact) mass is 608 g/mol. The van der Waals surface area contributed by atoms with Crippen molar-refractivity contribution in [2.75, 3.05) is 31.0 Å². The molecule has 1 aliphatic heterocycles. The third-order valence-electron chi connectivity index (χ3n) is 7.03. The van der Waals surface area contributed by atoms with Crippen LogP contribution in [0.5, 0.6) is 0 Å². The fourth-order valence-corrected chi connectivity index (χ4v) is 4.68. The maximum absolute atomic E-state index is 16.9. The molecule has 0 saturated carbocycles. The minimum absolute atomic E-state index is 0.000975. The summed E-state index contributed by atoms with van der Waals surface area (Å²) in [5.41, 5.74) is -2.48. The maximum atomic E-state index is 16.9. The van der Waals surface area contributed by atoms with Gasteiger partial charge in [0.2, 0.25) is 17.5 Å². The quantitative estimate of drug-likeness (QED) is 0.252. The zero-order valence-corrected chi connectivity index (χ0v) is 24.1. The van der Waals surface area contributed by atoms with Crippen molar-refractivity contribution in [1.29, 1.82) is 0 Å². The summed E-state index contributed by atoms with van der Waals surface area (Å²) in [5, 5.41) is 5.43. The largest absolute Gasteiger partial charge is 0.459 e. The smallest absolute Gasteiger partial charge is 0.338 e. The summed E-state index contributed by atoms with van der Waals surface area (Å²) in [4.78, 5) is 50.9. The van der Waals surface area contributed by atoms with E-state index >= 15 is 4.39 Å². The number of nitrogens with one attached hydrogen (secondary N) is 2. The predicted molar refractivity (Wildman–Crippen MR) is 154 cm³/mol. The molecule has 4 atom stereocenters. The molecule has 0 spiro atoms. The van der Waals surface area contributed by atoms with Gasteiger partial charge in [0.05, 0.1) is 17.5 Å². The molecule has 1 aliphatic rings. The Hall–Kier alpha value is -4.98. The Morgan fingerprint density at radius 1 is 1.02 bits per heavy atom. The lowest BCUT2D eigenvalue weighted by atomic mass is 9.97. The highest BCUT2D eigenvalue weighted by molar-refractivity contribution is 5.93. The van der Waals surface area contributed by atoms with Gasteiger partial charge in [-0.15, -0.1) is 0 Å². The Labute approximate surface area is 250 Å². The first kappa shape index (κ1) is 30.5. The van der Waals surface area contributed by atoms with Crippen LogP contribution in [0, 0.1) is 5.92 Å². The number of nitrogens with zero attached hydrogens (tertiary/aromatic N) is 4. The summed E-state index contributed by atoms with van der Waals surface area (Å²) in [6.45, 7) is 1.16. The topological polar surface area (TPSA) is 147 Å².